The maximum Gasteiger partial charge on any atom is 0.389 e. The summed E-state index contributed by atoms with van der Waals surface area (Å²) < 4.78 is 37.2. The highest BCUT2D eigenvalue weighted by Crippen LogP contribution is 2.23. The van der Waals surface area contributed by atoms with E-state index < -0.39 is 12.6 Å². The lowest BCUT2D eigenvalue weighted by Gasteiger charge is -2.16. The Balaban J connectivity index is 2.10. The average molecular weight is 407 g/mol. The highest BCUT2D eigenvalue weighted by molar-refractivity contribution is 5.94. The van der Waals surface area contributed by atoms with E-state index in [0.29, 0.717) is 17.0 Å². The first kappa shape index (κ1) is 22.5. The van der Waals surface area contributed by atoms with Crippen LogP contribution in [0.4, 0.5) is 13.2 Å². The Kier molecular flexibility index (Phi) is 7.11. The molecule has 0 saturated carbocycles. The molecule has 5 nitrogen and oxygen atoms in total. The number of carbonyl (C=O) groups is 2. The molecular formula is C21H24F3N3O2. The summed E-state index contributed by atoms with van der Waals surface area (Å²) in [5, 5.41) is 2.85. The number of hydrogen-bond donors (Lipinski definition) is 1. The molecule has 0 aliphatic heterocycles. The second kappa shape index (κ2) is 9.15. The predicted molar refractivity (Wildman–Crippen MR) is 103 cm³/mol. The molecule has 2 heterocycles. The van der Waals surface area contributed by atoms with Gasteiger partial charge in [-0.2, -0.15) is 13.2 Å². The van der Waals surface area contributed by atoms with Gasteiger partial charge in [-0.1, -0.05) is 0 Å². The number of ketones is 1. The van der Waals surface area contributed by atoms with Crippen LogP contribution in [0.25, 0.3) is 0 Å². The van der Waals surface area contributed by atoms with E-state index in [-0.39, 0.29) is 36.1 Å². The number of nitrogens with one attached hydrogen (secondary N) is 1. The van der Waals surface area contributed by atoms with Gasteiger partial charge in [0.1, 0.15) is 5.78 Å². The number of rotatable bonds is 7. The molecule has 2 rings (SSSR count). The standard InChI is InChI=1S/C21H24F3N3O2/c1-12-7-17(11-25-19(12)5-6-21(22,23)24)20(29)27-15(4)16-8-13(2)26-18(10-16)9-14(3)28/h7-8,10-11,15H,5-6,9H2,1-4H3,(H,27,29). The van der Waals surface area contributed by atoms with Crippen molar-refractivity contribution in [3.8, 4) is 0 Å². The largest absolute Gasteiger partial charge is 0.389 e. The summed E-state index contributed by atoms with van der Waals surface area (Å²) in [6.45, 7) is 6.75. The number of aromatic nitrogens is 2. The number of hydrogen-bond acceptors (Lipinski definition) is 4. The van der Waals surface area contributed by atoms with Crippen molar-refractivity contribution in [2.45, 2.75) is 59.2 Å². The molecule has 0 aliphatic rings. The molecule has 156 valence electrons. The van der Waals surface area contributed by atoms with Gasteiger partial charge in [-0.3, -0.25) is 19.6 Å². The lowest BCUT2D eigenvalue weighted by Crippen LogP contribution is -2.27. The van der Waals surface area contributed by atoms with Gasteiger partial charge in [-0.25, -0.2) is 0 Å². The van der Waals surface area contributed by atoms with Crippen LogP contribution in [0.15, 0.2) is 24.4 Å². The second-order valence-electron chi connectivity index (χ2n) is 7.21. The second-order valence-corrected chi connectivity index (χ2v) is 7.21. The van der Waals surface area contributed by atoms with Crippen molar-refractivity contribution in [3.63, 3.8) is 0 Å². The molecule has 0 saturated heterocycles. The minimum atomic E-state index is -4.25. The van der Waals surface area contributed by atoms with Crippen molar-refractivity contribution < 1.29 is 22.8 Å². The minimum absolute atomic E-state index is 0.00194. The lowest BCUT2D eigenvalue weighted by atomic mass is 10.0. The van der Waals surface area contributed by atoms with Gasteiger partial charge in [-0.05, 0) is 63.4 Å². The quantitative estimate of drug-likeness (QED) is 0.746. The molecule has 0 fully saturated rings. The molecule has 0 aliphatic carbocycles. The van der Waals surface area contributed by atoms with Crippen LogP contribution in [0.5, 0.6) is 0 Å². The fraction of sp³-hybridized carbons (Fsp3) is 0.429. The summed E-state index contributed by atoms with van der Waals surface area (Å²) in [4.78, 5) is 32.3. The van der Waals surface area contributed by atoms with E-state index in [4.69, 9.17) is 0 Å². The van der Waals surface area contributed by atoms with Crippen molar-refractivity contribution in [2.75, 3.05) is 0 Å². The molecule has 1 amide bonds. The fourth-order valence-electron chi connectivity index (χ4n) is 2.97. The monoisotopic (exact) mass is 407 g/mol. The topological polar surface area (TPSA) is 72.0 Å². The van der Waals surface area contributed by atoms with Crippen LogP contribution >= 0.6 is 0 Å². The van der Waals surface area contributed by atoms with Crippen LogP contribution in [0, 0.1) is 13.8 Å². The first-order valence-corrected chi connectivity index (χ1v) is 9.24. The molecule has 2 aromatic rings. The van der Waals surface area contributed by atoms with Crippen LogP contribution in [-0.2, 0) is 17.6 Å². The van der Waals surface area contributed by atoms with Gasteiger partial charge in [0.2, 0.25) is 0 Å². The van der Waals surface area contributed by atoms with Crippen LogP contribution in [-0.4, -0.2) is 27.8 Å². The van der Waals surface area contributed by atoms with Crippen LogP contribution < -0.4 is 5.32 Å². The maximum absolute atomic E-state index is 12.6. The number of Topliss-reactive ketones (excluding diaryl/α,β-unsaturated/α-hetero) is 1. The van der Waals surface area contributed by atoms with E-state index in [1.54, 1.807) is 19.1 Å². The zero-order valence-corrected chi connectivity index (χ0v) is 16.9. The highest BCUT2D eigenvalue weighted by atomic mass is 19.4. The Labute approximate surface area is 167 Å². The van der Waals surface area contributed by atoms with Gasteiger partial charge in [0, 0.05) is 36.1 Å². The Morgan fingerprint density at radius 3 is 2.45 bits per heavy atom. The number of aryl methyl sites for hydroxylation is 3. The van der Waals surface area contributed by atoms with Crippen LogP contribution in [0.1, 0.15) is 64.9 Å². The van der Waals surface area contributed by atoms with Crippen molar-refractivity contribution >= 4 is 11.7 Å². The molecule has 0 radical (unpaired) electrons. The third-order valence-corrected chi connectivity index (χ3v) is 4.40. The molecule has 2 aromatic heterocycles. The summed E-state index contributed by atoms with van der Waals surface area (Å²) in [5.74, 6) is -0.379. The normalized spacial score (nSPS) is 12.5. The summed E-state index contributed by atoms with van der Waals surface area (Å²) >= 11 is 0. The third kappa shape index (κ3) is 6.96. The number of amides is 1. The van der Waals surface area contributed by atoms with Gasteiger partial charge in [-0.15, -0.1) is 0 Å². The molecular weight excluding hydrogens is 383 g/mol. The fourth-order valence-corrected chi connectivity index (χ4v) is 2.97. The average Bonchev–Trinajstić information content (AvgIpc) is 2.58. The summed E-state index contributed by atoms with van der Waals surface area (Å²) in [5.41, 5.74) is 3.34. The van der Waals surface area contributed by atoms with E-state index in [9.17, 15) is 22.8 Å². The SMILES string of the molecule is CC(=O)Cc1cc(C(C)NC(=O)c2cnc(CCC(F)(F)F)c(C)c2)cc(C)n1. The van der Waals surface area contributed by atoms with Crippen molar-refractivity contribution in [2.24, 2.45) is 0 Å². The summed E-state index contributed by atoms with van der Waals surface area (Å²) in [7, 11) is 0. The third-order valence-electron chi connectivity index (χ3n) is 4.40. The first-order valence-electron chi connectivity index (χ1n) is 9.24. The molecule has 1 atom stereocenters. The number of carbonyl (C=O) groups excluding carboxylic acids is 2. The van der Waals surface area contributed by atoms with Crippen molar-refractivity contribution in [3.05, 3.63) is 58.2 Å². The van der Waals surface area contributed by atoms with Gasteiger partial charge >= 0.3 is 6.18 Å². The van der Waals surface area contributed by atoms with E-state index in [0.717, 1.165) is 11.3 Å². The Morgan fingerprint density at radius 2 is 1.86 bits per heavy atom. The van der Waals surface area contributed by atoms with E-state index in [1.165, 1.54) is 13.1 Å². The predicted octanol–water partition coefficient (Wildman–Crippen LogP) is 4.21. The zero-order valence-electron chi connectivity index (χ0n) is 16.9. The van der Waals surface area contributed by atoms with Gasteiger partial charge in [0.25, 0.3) is 5.91 Å². The summed E-state index contributed by atoms with van der Waals surface area (Å²) in [6.07, 6.45) is -3.91. The zero-order chi connectivity index (χ0) is 21.8. The lowest BCUT2D eigenvalue weighted by molar-refractivity contribution is -0.134. The molecule has 0 aromatic carbocycles. The highest BCUT2D eigenvalue weighted by Gasteiger charge is 2.27. The Bertz CT molecular complexity index is 911. The Morgan fingerprint density at radius 1 is 1.17 bits per heavy atom. The molecule has 29 heavy (non-hydrogen) atoms. The van der Waals surface area contributed by atoms with E-state index >= 15 is 0 Å². The van der Waals surface area contributed by atoms with Gasteiger partial charge < -0.3 is 5.32 Å². The number of pyridine rings is 2. The summed E-state index contributed by atoms with van der Waals surface area (Å²) in [6, 6.07) is 4.81. The molecule has 0 spiro atoms. The number of alkyl halides is 3. The van der Waals surface area contributed by atoms with Crippen LogP contribution in [0.3, 0.4) is 0 Å². The van der Waals surface area contributed by atoms with Crippen molar-refractivity contribution in [1.82, 2.24) is 15.3 Å². The van der Waals surface area contributed by atoms with Crippen LogP contribution in [0.2, 0.25) is 0 Å². The maximum atomic E-state index is 12.6. The Hall–Kier alpha value is -2.77. The molecule has 1 N–H and O–H groups in total. The number of halogens is 3. The van der Waals surface area contributed by atoms with Crippen molar-refractivity contribution in [1.29, 1.82) is 0 Å². The minimum Gasteiger partial charge on any atom is -0.345 e. The number of nitrogens with zero attached hydrogens (tertiary/aromatic N) is 2. The molecule has 8 heteroatoms. The smallest absolute Gasteiger partial charge is 0.345 e. The van der Waals surface area contributed by atoms with Gasteiger partial charge in [0.15, 0.2) is 0 Å². The molecule has 0 bridgehead atoms. The molecule has 1 unspecified atom stereocenters. The van der Waals surface area contributed by atoms with E-state index in [1.807, 2.05) is 19.9 Å². The van der Waals surface area contributed by atoms with Gasteiger partial charge in [0.05, 0.1) is 11.6 Å². The first-order chi connectivity index (χ1) is 13.4. The van der Waals surface area contributed by atoms with E-state index in [2.05, 4.69) is 15.3 Å².